The highest BCUT2D eigenvalue weighted by Crippen LogP contribution is 2.35. The van der Waals surface area contributed by atoms with Crippen LogP contribution in [-0.2, 0) is 0 Å². The Morgan fingerprint density at radius 2 is 1.40 bits per heavy atom. The van der Waals surface area contributed by atoms with Crippen LogP contribution in [0.25, 0.3) is 0 Å². The molecule has 1 atom stereocenters. The van der Waals surface area contributed by atoms with Gasteiger partial charge in [0.2, 0.25) is 0 Å². The van der Waals surface area contributed by atoms with E-state index in [4.69, 9.17) is 0 Å². The van der Waals surface area contributed by atoms with Crippen molar-refractivity contribution in [1.82, 2.24) is 5.32 Å². The molecular weight excluding hydrogens is 266 g/mol. The SMILES string of the molecule is Cl.c1ccc(C(c2ccccc2)C2CCCNC2)cc1. The van der Waals surface area contributed by atoms with Gasteiger partial charge in [0.15, 0.2) is 0 Å². The molecule has 1 saturated heterocycles. The second-order valence-electron chi connectivity index (χ2n) is 5.41. The van der Waals surface area contributed by atoms with E-state index < -0.39 is 0 Å². The second-order valence-corrected chi connectivity index (χ2v) is 5.41. The predicted octanol–water partition coefficient (Wildman–Crippen LogP) is 4.24. The summed E-state index contributed by atoms with van der Waals surface area (Å²) >= 11 is 0. The van der Waals surface area contributed by atoms with E-state index in [9.17, 15) is 0 Å². The van der Waals surface area contributed by atoms with Gasteiger partial charge in [0.05, 0.1) is 0 Å². The fourth-order valence-electron chi connectivity index (χ4n) is 3.22. The van der Waals surface area contributed by atoms with Gasteiger partial charge in [-0.05, 0) is 43.0 Å². The smallest absolute Gasteiger partial charge is 0.0130 e. The Morgan fingerprint density at radius 3 is 1.85 bits per heavy atom. The molecule has 1 fully saturated rings. The molecule has 0 spiro atoms. The molecule has 106 valence electrons. The first-order valence-corrected chi connectivity index (χ1v) is 7.26. The summed E-state index contributed by atoms with van der Waals surface area (Å²) < 4.78 is 0. The number of hydrogen-bond donors (Lipinski definition) is 1. The van der Waals surface area contributed by atoms with E-state index in [-0.39, 0.29) is 12.4 Å². The lowest BCUT2D eigenvalue weighted by molar-refractivity contribution is 0.346. The van der Waals surface area contributed by atoms with E-state index in [0.717, 1.165) is 6.54 Å². The molecule has 1 heterocycles. The van der Waals surface area contributed by atoms with Gasteiger partial charge in [0.25, 0.3) is 0 Å². The van der Waals surface area contributed by atoms with Gasteiger partial charge in [-0.15, -0.1) is 12.4 Å². The van der Waals surface area contributed by atoms with Gasteiger partial charge in [-0.2, -0.15) is 0 Å². The van der Waals surface area contributed by atoms with Crippen molar-refractivity contribution in [3.8, 4) is 0 Å². The van der Waals surface area contributed by atoms with E-state index >= 15 is 0 Å². The molecule has 1 aliphatic rings. The average Bonchev–Trinajstić information content (AvgIpc) is 2.51. The van der Waals surface area contributed by atoms with E-state index in [1.807, 2.05) is 0 Å². The molecule has 1 unspecified atom stereocenters. The van der Waals surface area contributed by atoms with Crippen molar-refractivity contribution < 1.29 is 0 Å². The van der Waals surface area contributed by atoms with Crippen LogP contribution in [0, 0.1) is 5.92 Å². The van der Waals surface area contributed by atoms with Gasteiger partial charge in [0, 0.05) is 5.92 Å². The van der Waals surface area contributed by atoms with Gasteiger partial charge >= 0.3 is 0 Å². The zero-order valence-electron chi connectivity index (χ0n) is 11.7. The Kier molecular flexibility index (Phi) is 5.63. The van der Waals surface area contributed by atoms with E-state index in [0.29, 0.717) is 11.8 Å². The third-order valence-electron chi connectivity index (χ3n) is 4.12. The molecule has 0 saturated carbocycles. The quantitative estimate of drug-likeness (QED) is 0.890. The fourth-order valence-corrected chi connectivity index (χ4v) is 3.22. The van der Waals surface area contributed by atoms with Crippen molar-refractivity contribution in [2.24, 2.45) is 5.92 Å². The summed E-state index contributed by atoms with van der Waals surface area (Å²) in [6, 6.07) is 21.9. The van der Waals surface area contributed by atoms with Crippen LogP contribution in [0.1, 0.15) is 29.9 Å². The molecule has 3 rings (SSSR count). The van der Waals surface area contributed by atoms with Gasteiger partial charge in [0.1, 0.15) is 0 Å². The molecule has 0 amide bonds. The van der Waals surface area contributed by atoms with E-state index in [2.05, 4.69) is 66.0 Å². The lowest BCUT2D eigenvalue weighted by Crippen LogP contribution is -2.33. The normalized spacial score (nSPS) is 18.6. The van der Waals surface area contributed by atoms with Crippen LogP contribution in [0.3, 0.4) is 0 Å². The number of hydrogen-bond acceptors (Lipinski definition) is 1. The summed E-state index contributed by atoms with van der Waals surface area (Å²) in [5.74, 6) is 1.23. The summed E-state index contributed by atoms with van der Waals surface area (Å²) in [5.41, 5.74) is 2.89. The maximum atomic E-state index is 3.55. The molecule has 2 aromatic rings. The third kappa shape index (κ3) is 3.41. The average molecular weight is 288 g/mol. The zero-order valence-corrected chi connectivity index (χ0v) is 12.5. The molecule has 2 heteroatoms. The zero-order chi connectivity index (χ0) is 12.9. The molecule has 20 heavy (non-hydrogen) atoms. The molecule has 1 aliphatic heterocycles. The Hall–Kier alpha value is -1.31. The van der Waals surface area contributed by atoms with Crippen molar-refractivity contribution in [3.63, 3.8) is 0 Å². The van der Waals surface area contributed by atoms with Gasteiger partial charge in [-0.1, -0.05) is 60.7 Å². The lowest BCUT2D eigenvalue weighted by atomic mass is 9.77. The van der Waals surface area contributed by atoms with Crippen LogP contribution in [0.15, 0.2) is 60.7 Å². The van der Waals surface area contributed by atoms with Gasteiger partial charge in [-0.25, -0.2) is 0 Å². The third-order valence-corrected chi connectivity index (χ3v) is 4.12. The molecule has 0 bridgehead atoms. The van der Waals surface area contributed by atoms with Crippen LogP contribution in [0.4, 0.5) is 0 Å². The maximum absolute atomic E-state index is 3.55. The monoisotopic (exact) mass is 287 g/mol. The summed E-state index contributed by atoms with van der Waals surface area (Å²) in [5, 5.41) is 3.55. The van der Waals surface area contributed by atoms with Gasteiger partial charge < -0.3 is 5.32 Å². The first-order valence-electron chi connectivity index (χ1n) is 7.26. The largest absolute Gasteiger partial charge is 0.316 e. The van der Waals surface area contributed by atoms with E-state index in [1.165, 1.54) is 30.5 Å². The predicted molar refractivity (Wildman–Crippen MR) is 87.6 cm³/mol. The van der Waals surface area contributed by atoms with Crippen LogP contribution >= 0.6 is 12.4 Å². The minimum absolute atomic E-state index is 0. The van der Waals surface area contributed by atoms with Crippen molar-refractivity contribution in [1.29, 1.82) is 0 Å². The summed E-state index contributed by atoms with van der Waals surface area (Å²) in [6.07, 6.45) is 2.61. The molecule has 1 nitrogen and oxygen atoms in total. The minimum atomic E-state index is 0. The first-order chi connectivity index (χ1) is 9.45. The second kappa shape index (κ2) is 7.47. The molecule has 1 N–H and O–H groups in total. The highest BCUT2D eigenvalue weighted by molar-refractivity contribution is 5.85. The number of rotatable bonds is 3. The fraction of sp³-hybridized carbons (Fsp3) is 0.333. The number of nitrogens with one attached hydrogen (secondary N) is 1. The Morgan fingerprint density at radius 1 is 0.850 bits per heavy atom. The Balaban J connectivity index is 0.00000147. The summed E-state index contributed by atoms with van der Waals surface area (Å²) in [7, 11) is 0. The van der Waals surface area contributed by atoms with Crippen molar-refractivity contribution in [2.75, 3.05) is 13.1 Å². The highest BCUT2D eigenvalue weighted by Gasteiger charge is 2.25. The first kappa shape index (κ1) is 15.1. The number of benzene rings is 2. The van der Waals surface area contributed by atoms with Crippen LogP contribution in [-0.4, -0.2) is 13.1 Å². The minimum Gasteiger partial charge on any atom is -0.316 e. The topological polar surface area (TPSA) is 12.0 Å². The van der Waals surface area contributed by atoms with Crippen LogP contribution < -0.4 is 5.32 Å². The maximum Gasteiger partial charge on any atom is 0.0130 e. The lowest BCUT2D eigenvalue weighted by Gasteiger charge is -2.31. The standard InChI is InChI=1S/C18H21N.ClH/c1-3-8-15(9-4-1)18(16-10-5-2-6-11-16)17-12-7-13-19-14-17;/h1-6,8-11,17-19H,7,12-14H2;1H. The van der Waals surface area contributed by atoms with Crippen LogP contribution in [0.2, 0.25) is 0 Å². The molecular formula is C18H22ClN. The van der Waals surface area contributed by atoms with E-state index in [1.54, 1.807) is 0 Å². The van der Waals surface area contributed by atoms with Crippen molar-refractivity contribution >= 4 is 12.4 Å². The van der Waals surface area contributed by atoms with Crippen molar-refractivity contribution in [2.45, 2.75) is 18.8 Å². The summed E-state index contributed by atoms with van der Waals surface area (Å²) in [6.45, 7) is 2.31. The Bertz CT molecular complexity index is 452. The van der Waals surface area contributed by atoms with Crippen LogP contribution in [0.5, 0.6) is 0 Å². The number of piperidine rings is 1. The molecule has 0 radical (unpaired) electrons. The highest BCUT2D eigenvalue weighted by atomic mass is 35.5. The van der Waals surface area contributed by atoms with Gasteiger partial charge in [-0.3, -0.25) is 0 Å². The summed E-state index contributed by atoms with van der Waals surface area (Å²) in [4.78, 5) is 0. The molecule has 0 aromatic heterocycles. The number of halogens is 1. The molecule has 0 aliphatic carbocycles. The van der Waals surface area contributed by atoms with Crippen molar-refractivity contribution in [3.05, 3.63) is 71.8 Å². The molecule has 2 aromatic carbocycles. The Labute approximate surface area is 127 Å².